The summed E-state index contributed by atoms with van der Waals surface area (Å²) < 4.78 is 1.87. The molecule has 2 aromatic heterocycles. The highest BCUT2D eigenvalue weighted by Crippen LogP contribution is 2.27. The molecule has 0 spiro atoms. The molecule has 0 aliphatic carbocycles. The average Bonchev–Trinajstić information content (AvgIpc) is 3.34. The van der Waals surface area contributed by atoms with Crippen LogP contribution in [0.3, 0.4) is 0 Å². The fourth-order valence-electron chi connectivity index (χ4n) is 5.09. The van der Waals surface area contributed by atoms with Crippen molar-refractivity contribution in [2.45, 2.75) is 52.9 Å². The van der Waals surface area contributed by atoms with Crippen molar-refractivity contribution >= 4 is 10.9 Å². The third kappa shape index (κ3) is 5.52. The fraction of sp³-hybridized carbons (Fsp3) is 0.267. The summed E-state index contributed by atoms with van der Waals surface area (Å²) in [6, 6.07) is 26.7. The Labute approximate surface area is 216 Å². The van der Waals surface area contributed by atoms with Crippen molar-refractivity contribution in [3.63, 3.8) is 0 Å². The van der Waals surface area contributed by atoms with Crippen LogP contribution in [0, 0.1) is 13.8 Å². The second-order valence-electron chi connectivity index (χ2n) is 9.66. The molecule has 188 valence electrons. The summed E-state index contributed by atoms with van der Waals surface area (Å²) in [6.07, 6.45) is 0.797. The van der Waals surface area contributed by atoms with Crippen LogP contribution in [0.2, 0.25) is 0 Å². The first-order valence-electron chi connectivity index (χ1n) is 12.7. The highest BCUT2D eigenvalue weighted by Gasteiger charge is 2.26. The maximum Gasteiger partial charge on any atom is 0.252 e. The molecule has 0 amide bonds. The highest BCUT2D eigenvalue weighted by atomic mass is 16.1. The Morgan fingerprint density at radius 3 is 2.32 bits per heavy atom. The molecule has 7 nitrogen and oxygen atoms in total. The average molecular weight is 493 g/mol. The molecule has 0 unspecified atom stereocenters. The molecule has 1 atom stereocenters. The number of aryl methyl sites for hydroxylation is 2. The molecule has 5 rings (SSSR count). The van der Waals surface area contributed by atoms with E-state index in [2.05, 4.69) is 75.7 Å². The number of nitrogens with one attached hydrogen (secondary N) is 1. The van der Waals surface area contributed by atoms with Crippen LogP contribution in [0.1, 0.15) is 53.0 Å². The molecule has 1 N–H and O–H groups in total. The van der Waals surface area contributed by atoms with E-state index in [0.29, 0.717) is 19.6 Å². The van der Waals surface area contributed by atoms with Crippen LogP contribution in [0.15, 0.2) is 83.7 Å². The molecule has 0 fully saturated rings. The van der Waals surface area contributed by atoms with Crippen molar-refractivity contribution in [3.8, 4) is 0 Å². The molecule has 3 aromatic carbocycles. The van der Waals surface area contributed by atoms with Gasteiger partial charge in [-0.25, -0.2) is 4.68 Å². The van der Waals surface area contributed by atoms with E-state index in [4.69, 9.17) is 0 Å². The molecule has 0 saturated heterocycles. The zero-order chi connectivity index (χ0) is 25.8. The molecule has 37 heavy (non-hydrogen) atoms. The maximum absolute atomic E-state index is 13.2. The van der Waals surface area contributed by atoms with Crippen LogP contribution in [0.4, 0.5) is 0 Å². The summed E-state index contributed by atoms with van der Waals surface area (Å²) in [6.45, 7) is 7.99. The Kier molecular flexibility index (Phi) is 7.23. The maximum atomic E-state index is 13.2. The minimum atomic E-state index is -0.0757. The van der Waals surface area contributed by atoms with Crippen LogP contribution >= 0.6 is 0 Å². The third-order valence-electron chi connectivity index (χ3n) is 6.83. The lowest BCUT2D eigenvalue weighted by molar-refractivity contribution is 0.161. The zero-order valence-corrected chi connectivity index (χ0v) is 21.6. The predicted octanol–water partition coefficient (Wildman–Crippen LogP) is 5.33. The van der Waals surface area contributed by atoms with E-state index < -0.39 is 0 Å². The van der Waals surface area contributed by atoms with Gasteiger partial charge in [-0.1, -0.05) is 79.2 Å². The van der Waals surface area contributed by atoms with Crippen LogP contribution in [0.25, 0.3) is 10.9 Å². The number of H-pyrrole nitrogens is 1. The van der Waals surface area contributed by atoms with Gasteiger partial charge >= 0.3 is 0 Å². The third-order valence-corrected chi connectivity index (χ3v) is 6.83. The van der Waals surface area contributed by atoms with Crippen LogP contribution in [-0.2, 0) is 19.6 Å². The largest absolute Gasteiger partial charge is 0.321 e. The van der Waals surface area contributed by atoms with E-state index in [0.717, 1.165) is 39.8 Å². The van der Waals surface area contributed by atoms with Gasteiger partial charge in [0.15, 0.2) is 5.82 Å². The molecule has 0 aliphatic heterocycles. The normalized spacial score (nSPS) is 12.3. The number of hydrogen-bond acceptors (Lipinski definition) is 5. The van der Waals surface area contributed by atoms with Gasteiger partial charge in [0.05, 0.1) is 18.1 Å². The standard InChI is InChI=1S/C30H32N6O/c1-4-27(29-32-33-34-36(29)19-24-13-9-6-10-14-24)35(18-23-11-7-5-8-12-23)20-26-17-25-16-21(2)15-22(3)28(25)31-30(26)37/h5-17,27H,4,18-20H2,1-3H3,(H,31,37)/t27-/m1/s1. The Hall–Kier alpha value is -4.10. The minimum Gasteiger partial charge on any atom is -0.321 e. The first kappa shape index (κ1) is 24.6. The SMILES string of the molecule is CC[C@H](c1nnnn1Cc1ccccc1)N(Cc1ccccc1)Cc1cc2cc(C)cc(C)c2[nH]c1=O. The zero-order valence-electron chi connectivity index (χ0n) is 21.6. The van der Waals surface area contributed by atoms with Gasteiger partial charge in [0.2, 0.25) is 0 Å². The molecule has 0 radical (unpaired) electrons. The number of benzene rings is 3. The summed E-state index contributed by atoms with van der Waals surface area (Å²) in [5, 5.41) is 13.9. The first-order chi connectivity index (χ1) is 18.0. The van der Waals surface area contributed by atoms with Gasteiger partial charge in [-0.15, -0.1) is 5.10 Å². The number of hydrogen-bond donors (Lipinski definition) is 1. The van der Waals surface area contributed by atoms with Gasteiger partial charge in [-0.3, -0.25) is 9.69 Å². The van der Waals surface area contributed by atoms with Crippen molar-refractivity contribution in [1.82, 2.24) is 30.1 Å². The Bertz CT molecular complexity index is 1540. The molecule has 0 bridgehead atoms. The lowest BCUT2D eigenvalue weighted by Gasteiger charge is -2.30. The van der Waals surface area contributed by atoms with Crippen molar-refractivity contribution in [2.24, 2.45) is 0 Å². The summed E-state index contributed by atoms with van der Waals surface area (Å²) in [4.78, 5) is 18.7. The van der Waals surface area contributed by atoms with E-state index >= 15 is 0 Å². The smallest absolute Gasteiger partial charge is 0.252 e. The Morgan fingerprint density at radius 2 is 1.62 bits per heavy atom. The van der Waals surface area contributed by atoms with Gasteiger partial charge in [0.25, 0.3) is 5.56 Å². The summed E-state index contributed by atoms with van der Waals surface area (Å²) in [7, 11) is 0. The summed E-state index contributed by atoms with van der Waals surface area (Å²) >= 11 is 0. The number of aromatic amines is 1. The van der Waals surface area contributed by atoms with Gasteiger partial charge in [-0.05, 0) is 64.9 Å². The van der Waals surface area contributed by atoms with Gasteiger partial charge in [-0.2, -0.15) is 0 Å². The predicted molar refractivity (Wildman–Crippen MR) is 146 cm³/mol. The van der Waals surface area contributed by atoms with Crippen molar-refractivity contribution in [2.75, 3.05) is 0 Å². The van der Waals surface area contributed by atoms with E-state index in [1.54, 1.807) is 0 Å². The van der Waals surface area contributed by atoms with E-state index in [-0.39, 0.29) is 11.6 Å². The molecule has 0 aliphatic rings. The monoisotopic (exact) mass is 492 g/mol. The molecule has 7 heteroatoms. The minimum absolute atomic E-state index is 0.0590. The lowest BCUT2D eigenvalue weighted by atomic mass is 10.0. The fourth-order valence-corrected chi connectivity index (χ4v) is 5.09. The number of pyridine rings is 1. The lowest BCUT2D eigenvalue weighted by Crippen LogP contribution is -2.32. The summed E-state index contributed by atoms with van der Waals surface area (Å²) in [5.41, 5.74) is 6.13. The van der Waals surface area contributed by atoms with E-state index in [1.165, 1.54) is 11.1 Å². The number of fused-ring (bicyclic) bond motifs is 1. The van der Waals surface area contributed by atoms with Crippen molar-refractivity contribution in [3.05, 3.63) is 123 Å². The van der Waals surface area contributed by atoms with Crippen LogP contribution in [0.5, 0.6) is 0 Å². The second kappa shape index (κ2) is 10.9. The van der Waals surface area contributed by atoms with E-state index in [9.17, 15) is 4.79 Å². The molecule has 5 aromatic rings. The topological polar surface area (TPSA) is 79.7 Å². The molecule has 2 heterocycles. The number of aromatic nitrogens is 5. The van der Waals surface area contributed by atoms with Crippen LogP contribution < -0.4 is 5.56 Å². The quantitative estimate of drug-likeness (QED) is 0.301. The molecular weight excluding hydrogens is 460 g/mol. The number of nitrogens with zero attached hydrogens (tertiary/aromatic N) is 5. The first-order valence-corrected chi connectivity index (χ1v) is 12.7. The second-order valence-corrected chi connectivity index (χ2v) is 9.66. The van der Waals surface area contributed by atoms with Crippen LogP contribution in [-0.4, -0.2) is 30.1 Å². The van der Waals surface area contributed by atoms with Crippen molar-refractivity contribution in [1.29, 1.82) is 0 Å². The van der Waals surface area contributed by atoms with E-state index in [1.807, 2.05) is 54.1 Å². The molecule has 0 saturated carbocycles. The number of rotatable bonds is 9. The Balaban J connectivity index is 1.53. The van der Waals surface area contributed by atoms with Gasteiger partial charge in [0.1, 0.15) is 0 Å². The number of tetrazole rings is 1. The van der Waals surface area contributed by atoms with Gasteiger partial charge in [0, 0.05) is 18.7 Å². The Morgan fingerprint density at radius 1 is 0.919 bits per heavy atom. The molecular formula is C30H32N6O. The van der Waals surface area contributed by atoms with Gasteiger partial charge < -0.3 is 4.98 Å². The van der Waals surface area contributed by atoms with Crippen molar-refractivity contribution < 1.29 is 0 Å². The highest BCUT2D eigenvalue weighted by molar-refractivity contribution is 5.82. The summed E-state index contributed by atoms with van der Waals surface area (Å²) in [5.74, 6) is 0.797.